The van der Waals surface area contributed by atoms with Crippen LogP contribution in [0.3, 0.4) is 0 Å². The fourth-order valence-corrected chi connectivity index (χ4v) is 3.80. The Morgan fingerprint density at radius 2 is 2.08 bits per heavy atom. The fraction of sp³-hybridized carbons (Fsp3) is 0.571. The Hall–Kier alpha value is -1.61. The van der Waals surface area contributed by atoms with E-state index in [4.69, 9.17) is 0 Å². The maximum absolute atomic E-state index is 12.8. The van der Waals surface area contributed by atoms with Crippen molar-refractivity contribution < 1.29 is 15.0 Å². The topological polar surface area (TPSA) is 57.5 Å². The number of rotatable bonds is 6. The van der Waals surface area contributed by atoms with Crippen molar-refractivity contribution in [3.05, 3.63) is 46.8 Å². The molecule has 3 nitrogen and oxygen atoms in total. The smallest absolute Gasteiger partial charge is 0.195 e. The average molecular weight is 330 g/mol. The summed E-state index contributed by atoms with van der Waals surface area (Å²) in [7, 11) is 0. The quantitative estimate of drug-likeness (QED) is 0.543. The molecule has 0 spiro atoms. The molecule has 0 aromatic rings. The molecule has 2 N–H and O–H groups in total. The summed E-state index contributed by atoms with van der Waals surface area (Å²) >= 11 is 0. The highest BCUT2D eigenvalue weighted by Crippen LogP contribution is 2.41. The minimum absolute atomic E-state index is 0.0269. The van der Waals surface area contributed by atoms with Crippen molar-refractivity contribution in [2.45, 2.75) is 65.4 Å². The van der Waals surface area contributed by atoms with Crippen LogP contribution in [0, 0.1) is 11.8 Å². The molecule has 2 rings (SSSR count). The maximum atomic E-state index is 12.8. The van der Waals surface area contributed by atoms with E-state index in [-0.39, 0.29) is 23.4 Å². The molecule has 132 valence electrons. The largest absolute Gasteiger partial charge is 0.508 e. The van der Waals surface area contributed by atoms with Crippen molar-refractivity contribution in [1.29, 1.82) is 0 Å². The van der Waals surface area contributed by atoms with Crippen LogP contribution in [0.25, 0.3) is 0 Å². The van der Waals surface area contributed by atoms with Gasteiger partial charge in [-0.1, -0.05) is 43.6 Å². The summed E-state index contributed by atoms with van der Waals surface area (Å²) in [5.74, 6) is -0.369. The van der Waals surface area contributed by atoms with E-state index in [1.165, 1.54) is 5.57 Å². The molecule has 0 saturated heterocycles. The zero-order valence-corrected chi connectivity index (χ0v) is 15.1. The van der Waals surface area contributed by atoms with Crippen LogP contribution in [0.4, 0.5) is 0 Å². The zero-order valence-electron chi connectivity index (χ0n) is 15.1. The molecule has 0 heterocycles. The van der Waals surface area contributed by atoms with Gasteiger partial charge in [0.1, 0.15) is 11.9 Å². The Bertz CT molecular complexity index is 607. The van der Waals surface area contributed by atoms with Crippen molar-refractivity contribution in [2.75, 3.05) is 0 Å². The molecule has 0 bridgehead atoms. The average Bonchev–Trinajstić information content (AvgIpc) is 2.52. The normalized spacial score (nSPS) is 27.8. The summed E-state index contributed by atoms with van der Waals surface area (Å²) in [6.45, 7) is 10.2. The number of carbonyl (C=O) groups excluding carboxylic acids is 1. The van der Waals surface area contributed by atoms with Crippen LogP contribution in [0.5, 0.6) is 0 Å². The van der Waals surface area contributed by atoms with Crippen LogP contribution >= 0.6 is 0 Å². The number of aliphatic hydroxyl groups excluding tert-OH is 2. The van der Waals surface area contributed by atoms with Gasteiger partial charge in [0.15, 0.2) is 5.78 Å². The molecule has 0 aromatic carbocycles. The van der Waals surface area contributed by atoms with Crippen molar-refractivity contribution in [3.63, 3.8) is 0 Å². The van der Waals surface area contributed by atoms with E-state index in [1.54, 1.807) is 6.08 Å². The standard InChI is InChI=1S/C21H30O3/c1-5-6-7-8-15-12-18(22)19(21(24)20(15)23)17-11-14(4)9-10-16(17)13(2)3/h11-12,16-17,20,22-23H,2,5-10H2,1,3-4H3/t16?,17-,20?/m1/s1. The summed E-state index contributed by atoms with van der Waals surface area (Å²) in [5, 5.41) is 21.0. The lowest BCUT2D eigenvalue weighted by Gasteiger charge is -2.34. The number of hydrogen-bond donors (Lipinski definition) is 2. The van der Waals surface area contributed by atoms with Crippen molar-refractivity contribution in [3.8, 4) is 0 Å². The first kappa shape index (κ1) is 18.7. The minimum atomic E-state index is -1.12. The van der Waals surface area contributed by atoms with Gasteiger partial charge in [0.05, 0.1) is 0 Å². The molecular formula is C21H30O3. The van der Waals surface area contributed by atoms with Crippen LogP contribution in [-0.4, -0.2) is 22.1 Å². The Morgan fingerprint density at radius 1 is 1.38 bits per heavy atom. The van der Waals surface area contributed by atoms with Gasteiger partial charge in [-0.25, -0.2) is 0 Å². The van der Waals surface area contributed by atoms with Crippen molar-refractivity contribution in [2.24, 2.45) is 11.8 Å². The molecule has 24 heavy (non-hydrogen) atoms. The summed E-state index contributed by atoms with van der Waals surface area (Å²) in [6, 6.07) is 0. The lowest BCUT2D eigenvalue weighted by molar-refractivity contribution is -0.122. The molecule has 0 saturated carbocycles. The van der Waals surface area contributed by atoms with Crippen LogP contribution in [-0.2, 0) is 4.79 Å². The van der Waals surface area contributed by atoms with Gasteiger partial charge in [-0.05, 0) is 57.1 Å². The van der Waals surface area contributed by atoms with E-state index in [0.717, 1.165) is 37.7 Å². The number of unbranched alkanes of at least 4 members (excludes halogenated alkanes) is 2. The molecule has 2 aliphatic carbocycles. The van der Waals surface area contributed by atoms with E-state index >= 15 is 0 Å². The monoisotopic (exact) mass is 330 g/mol. The Balaban J connectivity index is 2.36. The SMILES string of the molecule is C=C(C)C1CCC(C)=C[C@H]1C1=C(O)C=C(CCCCC)C(O)C1=O. The molecule has 3 heteroatoms. The molecule has 2 unspecified atom stereocenters. The van der Waals surface area contributed by atoms with Gasteiger partial charge >= 0.3 is 0 Å². The molecule has 0 aromatic heterocycles. The first-order chi connectivity index (χ1) is 11.4. The first-order valence-electron chi connectivity index (χ1n) is 9.05. The maximum Gasteiger partial charge on any atom is 0.195 e. The minimum Gasteiger partial charge on any atom is -0.508 e. The van der Waals surface area contributed by atoms with Gasteiger partial charge in [-0.3, -0.25) is 4.79 Å². The summed E-state index contributed by atoms with van der Waals surface area (Å²) in [5.41, 5.74) is 3.23. The van der Waals surface area contributed by atoms with Gasteiger partial charge < -0.3 is 10.2 Å². The summed E-state index contributed by atoms with van der Waals surface area (Å²) in [6.07, 6.45) is 8.18. The molecule has 0 aliphatic heterocycles. The van der Waals surface area contributed by atoms with E-state index in [2.05, 4.69) is 26.5 Å². The number of carbonyl (C=O) groups is 1. The number of Topliss-reactive ketones (excluding diaryl/α,β-unsaturated/α-hetero) is 1. The summed E-state index contributed by atoms with van der Waals surface area (Å²) in [4.78, 5) is 12.8. The first-order valence-corrected chi connectivity index (χ1v) is 9.05. The lowest BCUT2D eigenvalue weighted by Crippen LogP contribution is -2.34. The Kier molecular flexibility index (Phi) is 6.22. The molecule has 0 fully saturated rings. The van der Waals surface area contributed by atoms with Crippen LogP contribution < -0.4 is 0 Å². The van der Waals surface area contributed by atoms with Gasteiger partial charge in [0.2, 0.25) is 0 Å². The zero-order chi connectivity index (χ0) is 17.9. The Labute approximate surface area is 145 Å². The predicted octanol–water partition coefficient (Wildman–Crippen LogP) is 4.80. The highest BCUT2D eigenvalue weighted by molar-refractivity contribution is 6.03. The van der Waals surface area contributed by atoms with Crippen LogP contribution in [0.15, 0.2) is 46.8 Å². The fourth-order valence-electron chi connectivity index (χ4n) is 3.80. The number of hydrogen-bond acceptors (Lipinski definition) is 3. The van der Waals surface area contributed by atoms with Gasteiger partial charge in [0.25, 0.3) is 0 Å². The summed E-state index contributed by atoms with van der Waals surface area (Å²) < 4.78 is 0. The molecule has 0 amide bonds. The van der Waals surface area contributed by atoms with Gasteiger partial charge in [-0.15, -0.1) is 0 Å². The van der Waals surface area contributed by atoms with Gasteiger partial charge in [-0.2, -0.15) is 0 Å². The number of aliphatic hydroxyl groups is 2. The lowest BCUT2D eigenvalue weighted by atomic mass is 9.70. The highest BCUT2D eigenvalue weighted by atomic mass is 16.3. The molecular weight excluding hydrogens is 300 g/mol. The second-order valence-electron chi connectivity index (χ2n) is 7.27. The van der Waals surface area contributed by atoms with Crippen molar-refractivity contribution in [1.82, 2.24) is 0 Å². The molecule has 0 radical (unpaired) electrons. The third-order valence-electron chi connectivity index (χ3n) is 5.25. The third kappa shape index (κ3) is 3.89. The molecule has 2 aliphatic rings. The van der Waals surface area contributed by atoms with E-state index in [1.807, 2.05) is 6.92 Å². The molecule has 3 atom stereocenters. The third-order valence-corrected chi connectivity index (χ3v) is 5.25. The van der Waals surface area contributed by atoms with E-state index in [9.17, 15) is 15.0 Å². The second-order valence-corrected chi connectivity index (χ2v) is 7.27. The van der Waals surface area contributed by atoms with Crippen LogP contribution in [0.2, 0.25) is 0 Å². The Morgan fingerprint density at radius 3 is 2.71 bits per heavy atom. The van der Waals surface area contributed by atoms with E-state index < -0.39 is 6.10 Å². The number of ketones is 1. The second kappa shape index (κ2) is 7.98. The van der Waals surface area contributed by atoms with Gasteiger partial charge in [0, 0.05) is 11.5 Å². The number of allylic oxidation sites excluding steroid dienone is 4. The highest BCUT2D eigenvalue weighted by Gasteiger charge is 2.38. The van der Waals surface area contributed by atoms with Crippen molar-refractivity contribution >= 4 is 5.78 Å². The van der Waals surface area contributed by atoms with E-state index in [0.29, 0.717) is 17.6 Å². The van der Waals surface area contributed by atoms with Crippen LogP contribution in [0.1, 0.15) is 59.3 Å². The predicted molar refractivity (Wildman–Crippen MR) is 97.7 cm³/mol.